The molecule has 4 rings (SSSR count). The van der Waals surface area contributed by atoms with Crippen LogP contribution in [0.2, 0.25) is 10.0 Å². The number of anilines is 1. The van der Waals surface area contributed by atoms with Gasteiger partial charge in [-0.15, -0.1) is 0 Å². The number of aryl methyl sites for hydroxylation is 1. The van der Waals surface area contributed by atoms with Crippen molar-refractivity contribution in [2.75, 3.05) is 4.90 Å². The molecular formula is C23H16Cl2N2O. The molecule has 0 radical (unpaired) electrons. The number of amides is 1. The number of carbonyl (C=O) groups is 1. The number of nitrogens with zero attached hydrogens (tertiary/aromatic N) is 2. The first-order chi connectivity index (χ1) is 13.5. The van der Waals surface area contributed by atoms with Crippen molar-refractivity contribution in [1.82, 2.24) is 0 Å². The van der Waals surface area contributed by atoms with Gasteiger partial charge < -0.3 is 0 Å². The second kappa shape index (κ2) is 7.63. The average Bonchev–Trinajstić information content (AvgIpc) is 3.01. The lowest BCUT2D eigenvalue weighted by Crippen LogP contribution is -2.32. The molecule has 3 nitrogen and oxygen atoms in total. The molecule has 0 aliphatic carbocycles. The Hall–Kier alpha value is -2.88. The van der Waals surface area contributed by atoms with Crippen LogP contribution < -0.4 is 4.90 Å². The summed E-state index contributed by atoms with van der Waals surface area (Å²) in [6, 6.07) is 22.5. The minimum absolute atomic E-state index is 0.209. The van der Waals surface area contributed by atoms with E-state index in [1.165, 1.54) is 0 Å². The third-order valence-electron chi connectivity index (χ3n) is 4.46. The molecule has 5 heteroatoms. The van der Waals surface area contributed by atoms with Crippen LogP contribution in [-0.2, 0) is 4.79 Å². The predicted octanol–water partition coefficient (Wildman–Crippen LogP) is 6.14. The van der Waals surface area contributed by atoms with Crippen LogP contribution >= 0.6 is 23.2 Å². The minimum Gasteiger partial charge on any atom is -0.266 e. The molecule has 28 heavy (non-hydrogen) atoms. The number of hydrogen-bond donors (Lipinski definition) is 0. The smallest absolute Gasteiger partial charge is 0.266 e. The normalized spacial score (nSPS) is 15.2. The van der Waals surface area contributed by atoms with Crippen molar-refractivity contribution in [2.45, 2.75) is 6.92 Å². The highest BCUT2D eigenvalue weighted by molar-refractivity contribution is 6.35. The first-order valence-corrected chi connectivity index (χ1v) is 9.50. The number of aliphatic imine (C=N–C) groups is 1. The number of halogens is 2. The Labute approximate surface area is 173 Å². The Morgan fingerprint density at radius 3 is 2.43 bits per heavy atom. The molecule has 1 amide bonds. The van der Waals surface area contributed by atoms with Gasteiger partial charge in [-0.3, -0.25) is 9.69 Å². The quantitative estimate of drug-likeness (QED) is 0.481. The van der Waals surface area contributed by atoms with Crippen LogP contribution in [0.1, 0.15) is 16.7 Å². The predicted molar refractivity (Wildman–Crippen MR) is 116 cm³/mol. The van der Waals surface area contributed by atoms with E-state index >= 15 is 0 Å². The maximum atomic E-state index is 13.2. The van der Waals surface area contributed by atoms with Gasteiger partial charge in [0.2, 0.25) is 0 Å². The van der Waals surface area contributed by atoms with Crippen molar-refractivity contribution >= 4 is 46.7 Å². The van der Waals surface area contributed by atoms with Gasteiger partial charge >= 0.3 is 0 Å². The fraction of sp³-hybridized carbons (Fsp3) is 0.0435. The Morgan fingerprint density at radius 2 is 1.71 bits per heavy atom. The van der Waals surface area contributed by atoms with Crippen molar-refractivity contribution in [3.8, 4) is 0 Å². The summed E-state index contributed by atoms with van der Waals surface area (Å²) in [4.78, 5) is 19.5. The molecule has 0 N–H and O–H groups in total. The summed E-state index contributed by atoms with van der Waals surface area (Å²) in [5.41, 5.74) is 3.64. The van der Waals surface area contributed by atoms with Gasteiger partial charge in [0, 0.05) is 15.6 Å². The summed E-state index contributed by atoms with van der Waals surface area (Å²) in [6.45, 7) is 1.93. The Balaban J connectivity index is 1.84. The van der Waals surface area contributed by atoms with Gasteiger partial charge in [0.15, 0.2) is 0 Å². The van der Waals surface area contributed by atoms with Crippen LogP contribution in [0.4, 0.5) is 5.69 Å². The fourth-order valence-electron chi connectivity index (χ4n) is 3.01. The lowest BCUT2D eigenvalue weighted by molar-refractivity contribution is -0.113. The molecule has 0 saturated heterocycles. The van der Waals surface area contributed by atoms with Gasteiger partial charge in [-0.1, -0.05) is 71.7 Å². The van der Waals surface area contributed by atoms with Crippen LogP contribution in [0.3, 0.4) is 0 Å². The molecule has 0 spiro atoms. The zero-order chi connectivity index (χ0) is 19.7. The number of carbonyl (C=O) groups excluding carboxylic acids is 1. The molecule has 3 aromatic carbocycles. The summed E-state index contributed by atoms with van der Waals surface area (Å²) >= 11 is 12.4. The van der Waals surface area contributed by atoms with Crippen molar-refractivity contribution in [3.05, 3.63) is 105 Å². The molecule has 0 unspecified atom stereocenters. The average molecular weight is 407 g/mol. The van der Waals surface area contributed by atoms with Gasteiger partial charge in [-0.2, -0.15) is 0 Å². The summed E-state index contributed by atoms with van der Waals surface area (Å²) in [5.74, 6) is 0.359. The highest BCUT2D eigenvalue weighted by Gasteiger charge is 2.32. The summed E-state index contributed by atoms with van der Waals surface area (Å²) < 4.78 is 0. The zero-order valence-electron chi connectivity index (χ0n) is 15.1. The van der Waals surface area contributed by atoms with E-state index in [0.29, 0.717) is 27.3 Å². The SMILES string of the molecule is Cc1ccc(N2C(=O)C(=Cc3cccc(Cl)c3)N=C2c2ccccc2)cc1Cl. The summed E-state index contributed by atoms with van der Waals surface area (Å²) in [7, 11) is 0. The lowest BCUT2D eigenvalue weighted by Gasteiger charge is -2.19. The largest absolute Gasteiger partial charge is 0.282 e. The van der Waals surface area contributed by atoms with E-state index < -0.39 is 0 Å². The Bertz CT molecular complexity index is 1120. The van der Waals surface area contributed by atoms with Gasteiger partial charge in [0.05, 0.1) is 5.69 Å². The van der Waals surface area contributed by atoms with Gasteiger partial charge in [-0.25, -0.2) is 4.99 Å². The van der Waals surface area contributed by atoms with E-state index in [4.69, 9.17) is 23.2 Å². The van der Waals surface area contributed by atoms with Gasteiger partial charge in [0.1, 0.15) is 11.5 Å². The molecule has 1 heterocycles. The third-order valence-corrected chi connectivity index (χ3v) is 5.10. The van der Waals surface area contributed by atoms with Crippen LogP contribution in [-0.4, -0.2) is 11.7 Å². The number of rotatable bonds is 3. The fourth-order valence-corrected chi connectivity index (χ4v) is 3.39. The second-order valence-electron chi connectivity index (χ2n) is 6.46. The van der Waals surface area contributed by atoms with Crippen molar-refractivity contribution in [1.29, 1.82) is 0 Å². The molecule has 1 aliphatic rings. The molecule has 3 aromatic rings. The van der Waals surface area contributed by atoms with Crippen molar-refractivity contribution in [3.63, 3.8) is 0 Å². The van der Waals surface area contributed by atoms with E-state index in [1.54, 1.807) is 29.2 Å². The van der Waals surface area contributed by atoms with Gasteiger partial charge in [-0.05, 0) is 48.4 Å². The number of hydrogen-bond acceptors (Lipinski definition) is 2. The van der Waals surface area contributed by atoms with E-state index in [-0.39, 0.29) is 5.91 Å². The molecule has 0 saturated carbocycles. The molecule has 0 aromatic heterocycles. The van der Waals surface area contributed by atoms with E-state index in [1.807, 2.05) is 61.5 Å². The highest BCUT2D eigenvalue weighted by atomic mass is 35.5. The van der Waals surface area contributed by atoms with Crippen LogP contribution in [0, 0.1) is 6.92 Å². The first kappa shape index (κ1) is 18.5. The second-order valence-corrected chi connectivity index (χ2v) is 7.30. The maximum absolute atomic E-state index is 13.2. The van der Waals surface area contributed by atoms with E-state index in [9.17, 15) is 4.79 Å². The lowest BCUT2D eigenvalue weighted by atomic mass is 10.1. The topological polar surface area (TPSA) is 32.7 Å². The monoisotopic (exact) mass is 406 g/mol. The maximum Gasteiger partial charge on any atom is 0.282 e. The molecule has 1 aliphatic heterocycles. The Morgan fingerprint density at radius 1 is 0.929 bits per heavy atom. The molecule has 0 fully saturated rings. The zero-order valence-corrected chi connectivity index (χ0v) is 16.6. The van der Waals surface area contributed by atoms with Crippen molar-refractivity contribution in [2.24, 2.45) is 4.99 Å². The first-order valence-electron chi connectivity index (χ1n) is 8.75. The van der Waals surface area contributed by atoms with E-state index in [0.717, 1.165) is 16.7 Å². The van der Waals surface area contributed by atoms with Crippen LogP contribution in [0.5, 0.6) is 0 Å². The summed E-state index contributed by atoms with van der Waals surface area (Å²) in [6.07, 6.45) is 1.74. The minimum atomic E-state index is -0.209. The molecule has 0 atom stereocenters. The summed E-state index contributed by atoms with van der Waals surface area (Å²) in [5, 5.41) is 1.21. The highest BCUT2D eigenvalue weighted by Crippen LogP contribution is 2.30. The standard InChI is InChI=1S/C23H16Cl2N2O/c1-15-10-11-19(14-20(15)25)27-22(17-7-3-2-4-8-17)26-21(23(27)28)13-16-6-5-9-18(24)12-16/h2-14H,1H3. The number of amidine groups is 1. The molecular weight excluding hydrogens is 391 g/mol. The number of benzene rings is 3. The van der Waals surface area contributed by atoms with Crippen LogP contribution in [0.25, 0.3) is 6.08 Å². The molecule has 0 bridgehead atoms. The van der Waals surface area contributed by atoms with Gasteiger partial charge in [0.25, 0.3) is 5.91 Å². The van der Waals surface area contributed by atoms with Crippen LogP contribution in [0.15, 0.2) is 83.5 Å². The van der Waals surface area contributed by atoms with Crippen molar-refractivity contribution < 1.29 is 4.79 Å². The molecule has 138 valence electrons. The Kier molecular flexibility index (Phi) is 5.03. The van der Waals surface area contributed by atoms with E-state index in [2.05, 4.69) is 4.99 Å². The third kappa shape index (κ3) is 3.59.